The number of aromatic nitrogens is 1. The molecule has 8 heteroatoms. The predicted octanol–water partition coefficient (Wildman–Crippen LogP) is 7.25. The van der Waals surface area contributed by atoms with Gasteiger partial charge in [0.25, 0.3) is 0 Å². The van der Waals surface area contributed by atoms with Crippen LogP contribution < -0.4 is 5.43 Å². The third kappa shape index (κ3) is 4.65. The number of hydrogen-bond acceptors (Lipinski definition) is 6. The lowest BCUT2D eigenvalue weighted by molar-refractivity contribution is 0.0826. The van der Waals surface area contributed by atoms with Gasteiger partial charge in [0.05, 0.1) is 17.3 Å². The van der Waals surface area contributed by atoms with Gasteiger partial charge in [-0.1, -0.05) is 68.2 Å². The molecule has 0 fully saturated rings. The zero-order valence-electron chi connectivity index (χ0n) is 21.0. The summed E-state index contributed by atoms with van der Waals surface area (Å²) in [7, 11) is 0. The molecule has 2 aromatic carbocycles. The largest absolute Gasteiger partial charge is 0.434 e. The van der Waals surface area contributed by atoms with Crippen LogP contribution in [0.4, 0.5) is 0 Å². The van der Waals surface area contributed by atoms with Crippen LogP contribution in [0.2, 0.25) is 10.0 Å². The summed E-state index contributed by atoms with van der Waals surface area (Å²) in [5, 5.41) is 16.2. The first-order valence-electron chi connectivity index (χ1n) is 12.0. The molecule has 1 unspecified atom stereocenters. The fourth-order valence-electron chi connectivity index (χ4n) is 4.59. The summed E-state index contributed by atoms with van der Waals surface area (Å²) in [6, 6.07) is 15.3. The summed E-state index contributed by atoms with van der Waals surface area (Å²) in [6.07, 6.45) is 0. The molecule has 0 saturated heterocycles. The summed E-state index contributed by atoms with van der Waals surface area (Å²) in [6.45, 7) is 7.81. The fourth-order valence-corrected chi connectivity index (χ4v) is 5.00. The van der Waals surface area contributed by atoms with E-state index in [1.54, 1.807) is 0 Å². The standard InChI is InChI=1S/C29H27Cl2N3O3/c1-15-22(13-32-34-15)17-7-10-19(24(31)11-17)25-20(16-5-8-18(30)9-6-16)12-21-23(14-35)26(37-28(21)33-25)27(36)29(2,3)4/h5-12,22,32,35H,13-14H2,1-4H3. The van der Waals surface area contributed by atoms with Gasteiger partial charge < -0.3 is 14.9 Å². The summed E-state index contributed by atoms with van der Waals surface area (Å²) in [4.78, 5) is 18.0. The van der Waals surface area contributed by atoms with Crippen molar-refractivity contribution in [2.45, 2.75) is 40.2 Å². The zero-order chi connectivity index (χ0) is 26.5. The predicted molar refractivity (Wildman–Crippen MR) is 148 cm³/mol. The number of carbonyl (C=O) groups excluding carboxylic acids is 1. The Morgan fingerprint density at radius 3 is 2.43 bits per heavy atom. The zero-order valence-corrected chi connectivity index (χ0v) is 22.5. The van der Waals surface area contributed by atoms with E-state index in [2.05, 4.69) is 10.5 Å². The molecular formula is C29H27Cl2N3O3. The van der Waals surface area contributed by atoms with Gasteiger partial charge in [0.15, 0.2) is 5.76 Å². The van der Waals surface area contributed by atoms with Crippen LogP contribution in [0.25, 0.3) is 33.5 Å². The highest BCUT2D eigenvalue weighted by Crippen LogP contribution is 2.41. The molecule has 37 heavy (non-hydrogen) atoms. The van der Waals surface area contributed by atoms with E-state index in [4.69, 9.17) is 32.6 Å². The number of carbonyl (C=O) groups is 1. The number of benzene rings is 2. The van der Waals surface area contributed by atoms with Gasteiger partial charge in [-0.05, 0) is 42.3 Å². The van der Waals surface area contributed by atoms with Crippen molar-refractivity contribution < 1.29 is 14.3 Å². The molecule has 1 atom stereocenters. The third-order valence-corrected chi connectivity index (χ3v) is 7.26. The Hall–Kier alpha value is -3.19. The van der Waals surface area contributed by atoms with Crippen LogP contribution in [0.1, 0.15) is 55.3 Å². The maximum Gasteiger partial charge on any atom is 0.227 e. The van der Waals surface area contributed by atoms with Crippen molar-refractivity contribution in [3.8, 4) is 22.4 Å². The van der Waals surface area contributed by atoms with Crippen LogP contribution in [0.3, 0.4) is 0 Å². The van der Waals surface area contributed by atoms with Crippen LogP contribution in [0, 0.1) is 5.41 Å². The van der Waals surface area contributed by atoms with E-state index in [-0.39, 0.29) is 29.8 Å². The quantitative estimate of drug-likeness (QED) is 0.262. The molecule has 5 rings (SSSR count). The number of aliphatic hydroxyl groups is 1. The molecule has 4 aromatic rings. The molecule has 190 valence electrons. The Labute approximate surface area is 225 Å². The monoisotopic (exact) mass is 535 g/mol. The van der Waals surface area contributed by atoms with E-state index in [1.165, 1.54) is 0 Å². The number of fused-ring (bicyclic) bond motifs is 1. The first kappa shape index (κ1) is 25.5. The Bertz CT molecular complexity index is 1550. The number of furan rings is 1. The van der Waals surface area contributed by atoms with Gasteiger partial charge in [-0.2, -0.15) is 5.10 Å². The number of aliphatic hydroxyl groups excluding tert-OH is 1. The first-order chi connectivity index (χ1) is 17.6. The van der Waals surface area contributed by atoms with Crippen LogP contribution >= 0.6 is 23.2 Å². The van der Waals surface area contributed by atoms with Gasteiger partial charge in [-0.15, -0.1) is 0 Å². The first-order valence-corrected chi connectivity index (χ1v) is 12.8. The molecule has 2 aromatic heterocycles. The van der Waals surface area contributed by atoms with Gasteiger partial charge in [0.2, 0.25) is 11.5 Å². The normalized spacial score (nSPS) is 15.6. The molecule has 3 heterocycles. The molecule has 0 bridgehead atoms. The second kappa shape index (κ2) is 9.60. The summed E-state index contributed by atoms with van der Waals surface area (Å²) >= 11 is 13.0. The van der Waals surface area contributed by atoms with Gasteiger partial charge >= 0.3 is 0 Å². The van der Waals surface area contributed by atoms with Crippen LogP contribution in [0.5, 0.6) is 0 Å². The lowest BCUT2D eigenvalue weighted by Gasteiger charge is -2.15. The van der Waals surface area contributed by atoms with Crippen LogP contribution in [-0.4, -0.2) is 28.1 Å². The van der Waals surface area contributed by atoms with Crippen LogP contribution in [-0.2, 0) is 6.61 Å². The summed E-state index contributed by atoms with van der Waals surface area (Å²) < 4.78 is 6.00. The summed E-state index contributed by atoms with van der Waals surface area (Å²) in [5.41, 5.74) is 8.10. The van der Waals surface area contributed by atoms with Crippen molar-refractivity contribution in [1.29, 1.82) is 0 Å². The Morgan fingerprint density at radius 2 is 1.84 bits per heavy atom. The second-order valence-electron chi connectivity index (χ2n) is 10.3. The van der Waals surface area contributed by atoms with Crippen molar-refractivity contribution in [1.82, 2.24) is 10.4 Å². The second-order valence-corrected chi connectivity index (χ2v) is 11.1. The number of halogens is 2. The number of hydrogen-bond donors (Lipinski definition) is 2. The van der Waals surface area contributed by atoms with Crippen LogP contribution in [0.15, 0.2) is 58.0 Å². The van der Waals surface area contributed by atoms with E-state index in [1.807, 2.05) is 76.2 Å². The third-order valence-electron chi connectivity index (χ3n) is 6.69. The molecule has 1 aliphatic heterocycles. The molecule has 0 saturated carbocycles. The van der Waals surface area contributed by atoms with Crippen molar-refractivity contribution in [2.24, 2.45) is 10.5 Å². The average molecular weight is 536 g/mol. The highest BCUT2D eigenvalue weighted by atomic mass is 35.5. The minimum atomic E-state index is -0.685. The van der Waals surface area contributed by atoms with Crippen molar-refractivity contribution in [3.05, 3.63) is 75.5 Å². The van der Waals surface area contributed by atoms with Gasteiger partial charge in [-0.3, -0.25) is 4.79 Å². The maximum atomic E-state index is 13.1. The number of rotatable bonds is 5. The smallest absolute Gasteiger partial charge is 0.227 e. The molecule has 0 radical (unpaired) electrons. The Morgan fingerprint density at radius 1 is 1.11 bits per heavy atom. The molecule has 6 nitrogen and oxygen atoms in total. The topological polar surface area (TPSA) is 87.7 Å². The molecule has 0 aliphatic carbocycles. The molecule has 2 N–H and O–H groups in total. The SMILES string of the molecule is CC1=NNCC1c1ccc(-c2nc3oc(C(=O)C(C)(C)C)c(CO)c3cc2-c2ccc(Cl)cc2)c(Cl)c1. The highest BCUT2D eigenvalue weighted by Gasteiger charge is 2.31. The van der Waals surface area contributed by atoms with E-state index < -0.39 is 5.41 Å². The lowest BCUT2D eigenvalue weighted by Crippen LogP contribution is -2.20. The van der Waals surface area contributed by atoms with Gasteiger partial charge in [-0.25, -0.2) is 4.98 Å². The number of ketones is 1. The van der Waals surface area contributed by atoms with E-state index in [0.717, 1.165) is 34.5 Å². The lowest BCUT2D eigenvalue weighted by atomic mass is 9.88. The highest BCUT2D eigenvalue weighted by molar-refractivity contribution is 6.33. The average Bonchev–Trinajstić information content (AvgIpc) is 3.45. The Kier molecular flexibility index (Phi) is 6.61. The molecule has 1 aliphatic rings. The number of nitrogens with zero attached hydrogens (tertiary/aromatic N) is 2. The van der Waals surface area contributed by atoms with Gasteiger partial charge in [0.1, 0.15) is 0 Å². The minimum Gasteiger partial charge on any atom is -0.434 e. The molecule has 0 spiro atoms. The van der Waals surface area contributed by atoms with E-state index >= 15 is 0 Å². The van der Waals surface area contributed by atoms with Crippen molar-refractivity contribution >= 4 is 45.8 Å². The van der Waals surface area contributed by atoms with E-state index in [0.29, 0.717) is 26.7 Å². The maximum absolute atomic E-state index is 13.1. The Balaban J connectivity index is 1.73. The number of pyridine rings is 1. The fraction of sp³-hybridized carbons (Fsp3) is 0.276. The number of nitrogens with one attached hydrogen (secondary N) is 1. The summed E-state index contributed by atoms with van der Waals surface area (Å²) in [5.74, 6) is 0.0799. The molecular weight excluding hydrogens is 509 g/mol. The van der Waals surface area contributed by atoms with Crippen molar-refractivity contribution in [3.63, 3.8) is 0 Å². The van der Waals surface area contributed by atoms with Gasteiger partial charge in [0, 0.05) is 50.7 Å². The van der Waals surface area contributed by atoms with E-state index in [9.17, 15) is 9.90 Å². The molecule has 0 amide bonds. The number of Topliss-reactive ketones (excluding diaryl/α,β-unsaturated/α-hetero) is 1. The van der Waals surface area contributed by atoms with Crippen molar-refractivity contribution in [2.75, 3.05) is 6.54 Å². The minimum absolute atomic E-state index is 0.127. The number of hydrazone groups is 1.